The first-order valence-electron chi connectivity index (χ1n) is 6.22. The summed E-state index contributed by atoms with van der Waals surface area (Å²) in [6, 6.07) is 3.35. The van der Waals surface area contributed by atoms with Gasteiger partial charge in [0.2, 0.25) is 15.9 Å². The van der Waals surface area contributed by atoms with Crippen LogP contribution < -0.4 is 10.5 Å². The van der Waals surface area contributed by atoms with Crippen molar-refractivity contribution in [2.24, 2.45) is 0 Å². The summed E-state index contributed by atoms with van der Waals surface area (Å²) in [5, 5.41) is 0. The standard InChI is InChI=1S/C13H21N3O3S/c1-9-5-6-11(14)13(10(9)2)20(18,19)15-8-7-12(17)16(3)4/h5-6,15H,7-8,14H2,1-4H3. The van der Waals surface area contributed by atoms with Gasteiger partial charge < -0.3 is 10.6 Å². The van der Waals surface area contributed by atoms with Crippen molar-refractivity contribution in [1.29, 1.82) is 0 Å². The normalized spacial score (nSPS) is 11.4. The number of nitrogen functional groups attached to an aromatic ring is 1. The highest BCUT2D eigenvalue weighted by Gasteiger charge is 2.21. The number of aryl methyl sites for hydroxylation is 1. The molecule has 7 heteroatoms. The van der Waals surface area contributed by atoms with Crippen LogP contribution >= 0.6 is 0 Å². The van der Waals surface area contributed by atoms with Crippen LogP contribution in [0.3, 0.4) is 0 Å². The fraction of sp³-hybridized carbons (Fsp3) is 0.462. The van der Waals surface area contributed by atoms with E-state index in [9.17, 15) is 13.2 Å². The van der Waals surface area contributed by atoms with Crippen molar-refractivity contribution in [3.8, 4) is 0 Å². The highest BCUT2D eigenvalue weighted by atomic mass is 32.2. The number of benzene rings is 1. The maximum atomic E-state index is 12.3. The third kappa shape index (κ3) is 3.71. The Hall–Kier alpha value is -1.60. The van der Waals surface area contributed by atoms with Gasteiger partial charge in [-0.15, -0.1) is 0 Å². The van der Waals surface area contributed by atoms with Gasteiger partial charge in [-0.25, -0.2) is 13.1 Å². The quantitative estimate of drug-likeness (QED) is 0.780. The summed E-state index contributed by atoms with van der Waals surface area (Å²) in [6.07, 6.45) is 0.108. The van der Waals surface area contributed by atoms with E-state index in [1.54, 1.807) is 33.2 Å². The monoisotopic (exact) mass is 299 g/mol. The molecule has 0 spiro atoms. The maximum Gasteiger partial charge on any atom is 0.242 e. The second-order valence-corrected chi connectivity index (χ2v) is 6.57. The van der Waals surface area contributed by atoms with E-state index in [0.29, 0.717) is 5.56 Å². The summed E-state index contributed by atoms with van der Waals surface area (Å²) < 4.78 is 26.9. The van der Waals surface area contributed by atoms with Gasteiger partial charge in [-0.05, 0) is 31.0 Å². The molecule has 1 amide bonds. The highest BCUT2D eigenvalue weighted by Crippen LogP contribution is 2.24. The molecule has 112 valence electrons. The number of nitrogens with one attached hydrogen (secondary N) is 1. The van der Waals surface area contributed by atoms with Crippen LogP contribution in [0.25, 0.3) is 0 Å². The summed E-state index contributed by atoms with van der Waals surface area (Å²) in [4.78, 5) is 12.9. The fourth-order valence-electron chi connectivity index (χ4n) is 1.76. The van der Waals surface area contributed by atoms with Gasteiger partial charge in [0.1, 0.15) is 4.90 Å². The average Bonchev–Trinajstić information content (AvgIpc) is 2.33. The number of hydrogen-bond acceptors (Lipinski definition) is 4. The Bertz CT molecular complexity index is 610. The van der Waals surface area contributed by atoms with Gasteiger partial charge in [-0.2, -0.15) is 0 Å². The van der Waals surface area contributed by atoms with E-state index in [2.05, 4.69) is 4.72 Å². The van der Waals surface area contributed by atoms with Crippen LogP contribution in [0.5, 0.6) is 0 Å². The molecule has 0 saturated heterocycles. The molecule has 0 aromatic heterocycles. The zero-order chi connectivity index (χ0) is 15.5. The van der Waals surface area contributed by atoms with Crippen LogP contribution in [0.4, 0.5) is 5.69 Å². The van der Waals surface area contributed by atoms with Crippen LogP contribution in [0.1, 0.15) is 17.5 Å². The Morgan fingerprint density at radius 1 is 1.30 bits per heavy atom. The van der Waals surface area contributed by atoms with Crippen molar-refractivity contribution in [2.75, 3.05) is 26.4 Å². The topological polar surface area (TPSA) is 92.5 Å². The third-order valence-corrected chi connectivity index (χ3v) is 4.77. The molecule has 0 aliphatic heterocycles. The molecule has 3 N–H and O–H groups in total. The van der Waals surface area contributed by atoms with E-state index in [0.717, 1.165) is 5.56 Å². The Kier molecular flexibility index (Phi) is 5.13. The van der Waals surface area contributed by atoms with Gasteiger partial charge in [0.25, 0.3) is 0 Å². The lowest BCUT2D eigenvalue weighted by atomic mass is 10.1. The molecule has 0 radical (unpaired) electrons. The lowest BCUT2D eigenvalue weighted by Gasteiger charge is -2.14. The minimum atomic E-state index is -3.71. The van der Waals surface area contributed by atoms with Crippen LogP contribution in [-0.4, -0.2) is 39.9 Å². The van der Waals surface area contributed by atoms with Crippen LogP contribution in [0, 0.1) is 13.8 Å². The van der Waals surface area contributed by atoms with Crippen molar-refractivity contribution in [3.05, 3.63) is 23.3 Å². The molecular formula is C13H21N3O3S. The summed E-state index contributed by atoms with van der Waals surface area (Å²) in [5.74, 6) is -0.137. The van der Waals surface area contributed by atoms with E-state index in [4.69, 9.17) is 5.73 Å². The molecule has 1 aromatic carbocycles. The Morgan fingerprint density at radius 3 is 2.45 bits per heavy atom. The molecular weight excluding hydrogens is 278 g/mol. The minimum absolute atomic E-state index is 0.0478. The molecule has 0 bridgehead atoms. The van der Waals surface area contributed by atoms with E-state index in [-0.39, 0.29) is 29.5 Å². The minimum Gasteiger partial charge on any atom is -0.398 e. The van der Waals surface area contributed by atoms with Crippen LogP contribution in [0.15, 0.2) is 17.0 Å². The van der Waals surface area contributed by atoms with E-state index in [1.807, 2.05) is 6.92 Å². The molecule has 0 fully saturated rings. The van der Waals surface area contributed by atoms with Crippen molar-refractivity contribution >= 4 is 21.6 Å². The second kappa shape index (κ2) is 6.23. The van der Waals surface area contributed by atoms with Gasteiger partial charge in [-0.1, -0.05) is 6.07 Å². The highest BCUT2D eigenvalue weighted by molar-refractivity contribution is 7.89. The van der Waals surface area contributed by atoms with Gasteiger partial charge in [0, 0.05) is 27.1 Å². The summed E-state index contributed by atoms with van der Waals surface area (Å²) in [7, 11) is -0.462. The molecule has 0 atom stereocenters. The first-order valence-corrected chi connectivity index (χ1v) is 7.70. The van der Waals surface area contributed by atoms with Crippen molar-refractivity contribution in [3.63, 3.8) is 0 Å². The first-order chi connectivity index (χ1) is 9.16. The van der Waals surface area contributed by atoms with E-state index in [1.165, 1.54) is 4.90 Å². The summed E-state index contributed by atoms with van der Waals surface area (Å²) in [5.41, 5.74) is 7.44. The Labute approximate surface area is 120 Å². The third-order valence-electron chi connectivity index (χ3n) is 3.11. The molecule has 0 heterocycles. The predicted molar refractivity (Wildman–Crippen MR) is 78.8 cm³/mol. The number of anilines is 1. The number of nitrogens with two attached hydrogens (primary N) is 1. The molecule has 0 aliphatic carbocycles. The SMILES string of the molecule is Cc1ccc(N)c(S(=O)(=O)NCCC(=O)N(C)C)c1C. The molecule has 0 saturated carbocycles. The van der Waals surface area contributed by atoms with Gasteiger partial charge in [0.05, 0.1) is 5.69 Å². The number of carbonyl (C=O) groups is 1. The van der Waals surface area contributed by atoms with E-state index < -0.39 is 10.0 Å². The van der Waals surface area contributed by atoms with Crippen molar-refractivity contribution in [1.82, 2.24) is 9.62 Å². The fourth-order valence-corrected chi connectivity index (χ4v) is 3.21. The lowest BCUT2D eigenvalue weighted by molar-refractivity contribution is -0.128. The maximum absolute atomic E-state index is 12.3. The van der Waals surface area contributed by atoms with Crippen molar-refractivity contribution in [2.45, 2.75) is 25.2 Å². The van der Waals surface area contributed by atoms with Gasteiger partial charge >= 0.3 is 0 Å². The second-order valence-electron chi connectivity index (χ2n) is 4.86. The van der Waals surface area contributed by atoms with E-state index >= 15 is 0 Å². The number of amides is 1. The number of rotatable bonds is 5. The molecule has 1 aromatic rings. The first kappa shape index (κ1) is 16.5. The number of sulfonamides is 1. The lowest BCUT2D eigenvalue weighted by Crippen LogP contribution is -2.31. The van der Waals surface area contributed by atoms with Gasteiger partial charge in [-0.3, -0.25) is 4.79 Å². The summed E-state index contributed by atoms with van der Waals surface area (Å²) in [6.45, 7) is 3.58. The van der Waals surface area contributed by atoms with Crippen LogP contribution in [0.2, 0.25) is 0 Å². The van der Waals surface area contributed by atoms with Crippen LogP contribution in [-0.2, 0) is 14.8 Å². The number of hydrogen-bond donors (Lipinski definition) is 2. The van der Waals surface area contributed by atoms with Gasteiger partial charge in [0.15, 0.2) is 0 Å². The largest absolute Gasteiger partial charge is 0.398 e. The smallest absolute Gasteiger partial charge is 0.242 e. The molecule has 0 unspecified atom stereocenters. The number of nitrogens with zero attached hydrogens (tertiary/aromatic N) is 1. The molecule has 1 rings (SSSR count). The predicted octanol–water partition coefficient (Wildman–Crippen LogP) is 0.642. The zero-order valence-electron chi connectivity index (χ0n) is 12.2. The van der Waals surface area contributed by atoms with Crippen molar-refractivity contribution < 1.29 is 13.2 Å². The Morgan fingerprint density at radius 2 is 1.90 bits per heavy atom. The number of carbonyl (C=O) groups excluding carboxylic acids is 1. The molecule has 20 heavy (non-hydrogen) atoms. The molecule has 0 aliphatic rings. The molecule has 6 nitrogen and oxygen atoms in total. The average molecular weight is 299 g/mol. The Balaban J connectivity index is 2.91. The summed E-state index contributed by atoms with van der Waals surface area (Å²) >= 11 is 0. The zero-order valence-corrected chi connectivity index (χ0v) is 13.0.